The van der Waals surface area contributed by atoms with Crippen LogP contribution in [0.5, 0.6) is 5.75 Å². The molecule has 26 heavy (non-hydrogen) atoms. The Labute approximate surface area is 154 Å². The Morgan fingerprint density at radius 1 is 1.31 bits per heavy atom. The highest BCUT2D eigenvalue weighted by atomic mass is 16.5. The molecule has 1 aliphatic heterocycles. The average molecular weight is 364 g/mol. The number of aromatic hydroxyl groups is 1. The Morgan fingerprint density at radius 3 is 2.54 bits per heavy atom. The third-order valence-electron chi connectivity index (χ3n) is 5.09. The zero-order valence-electron chi connectivity index (χ0n) is 15.8. The molecule has 1 heterocycles. The Morgan fingerprint density at radius 2 is 1.96 bits per heavy atom. The number of hydrogen-bond acceptors (Lipinski definition) is 5. The molecule has 0 bridgehead atoms. The first-order valence-electron chi connectivity index (χ1n) is 9.20. The fourth-order valence-corrected chi connectivity index (χ4v) is 3.22. The van der Waals surface area contributed by atoms with Crippen molar-refractivity contribution in [2.75, 3.05) is 44.7 Å². The topological polar surface area (TPSA) is 83.3 Å². The zero-order valence-corrected chi connectivity index (χ0v) is 15.8. The van der Waals surface area contributed by atoms with E-state index >= 15 is 0 Å². The largest absolute Gasteiger partial charge is 0.506 e. The maximum absolute atomic E-state index is 12.4. The highest BCUT2D eigenvalue weighted by molar-refractivity contribution is 5.85. The molecule has 144 valence electrons. The molecule has 1 aromatic rings. The fraction of sp³-hybridized carbons (Fsp3) is 0.579. The highest BCUT2D eigenvalue weighted by Crippen LogP contribution is 2.25. The standard InChI is InChI=1S/C19H29N3O4/c1-4-14(2)18(19(25)26-3)20-17(24)13-21-9-11-22(12-10-21)15-7-5-6-8-16(15)23/h5-8,14,18,23H,4,9-13H2,1-3H3,(H,20,24)/p+1/t14-,18-/m1/s1. The second-order valence-electron chi connectivity index (χ2n) is 6.86. The lowest BCUT2D eigenvalue weighted by molar-refractivity contribution is -0.892. The van der Waals surface area contributed by atoms with Gasteiger partial charge in [-0.2, -0.15) is 0 Å². The molecule has 7 nitrogen and oxygen atoms in total. The van der Waals surface area contributed by atoms with E-state index < -0.39 is 12.0 Å². The molecular weight excluding hydrogens is 334 g/mol. The molecule has 3 N–H and O–H groups in total. The molecule has 0 aromatic heterocycles. The predicted octanol–water partition coefficient (Wildman–Crippen LogP) is -0.199. The lowest BCUT2D eigenvalue weighted by Gasteiger charge is -2.33. The average Bonchev–Trinajstić information content (AvgIpc) is 2.66. The second kappa shape index (κ2) is 9.43. The van der Waals surface area contributed by atoms with Crippen molar-refractivity contribution < 1.29 is 24.3 Å². The van der Waals surface area contributed by atoms with Gasteiger partial charge < -0.3 is 25.0 Å². The van der Waals surface area contributed by atoms with Gasteiger partial charge in [0.15, 0.2) is 6.54 Å². The first kappa shape index (κ1) is 20.0. The van der Waals surface area contributed by atoms with E-state index in [4.69, 9.17) is 4.74 Å². The van der Waals surface area contributed by atoms with E-state index in [-0.39, 0.29) is 17.6 Å². The van der Waals surface area contributed by atoms with Crippen LogP contribution in [0.25, 0.3) is 0 Å². The minimum Gasteiger partial charge on any atom is -0.506 e. The molecule has 1 saturated heterocycles. The van der Waals surface area contributed by atoms with Crippen molar-refractivity contribution in [2.45, 2.75) is 26.3 Å². The maximum atomic E-state index is 12.4. The van der Waals surface area contributed by atoms with Crippen molar-refractivity contribution in [1.29, 1.82) is 0 Å². The maximum Gasteiger partial charge on any atom is 0.328 e. The van der Waals surface area contributed by atoms with Gasteiger partial charge in [-0.1, -0.05) is 32.4 Å². The number of methoxy groups -OCH3 is 1. The summed E-state index contributed by atoms with van der Waals surface area (Å²) < 4.78 is 4.81. The molecule has 7 heteroatoms. The van der Waals surface area contributed by atoms with E-state index in [2.05, 4.69) is 10.2 Å². The van der Waals surface area contributed by atoms with Crippen LogP contribution in [0, 0.1) is 5.92 Å². The fourth-order valence-electron chi connectivity index (χ4n) is 3.22. The van der Waals surface area contributed by atoms with Crippen LogP contribution in [-0.4, -0.2) is 62.9 Å². The van der Waals surface area contributed by atoms with Gasteiger partial charge in [0.2, 0.25) is 0 Å². The van der Waals surface area contributed by atoms with Gasteiger partial charge in [0.1, 0.15) is 11.8 Å². The number of nitrogens with one attached hydrogen (secondary N) is 2. The summed E-state index contributed by atoms with van der Waals surface area (Å²) in [4.78, 5) is 27.6. The van der Waals surface area contributed by atoms with Crippen LogP contribution in [0.4, 0.5) is 5.69 Å². The van der Waals surface area contributed by atoms with Crippen molar-refractivity contribution in [3.63, 3.8) is 0 Å². The van der Waals surface area contributed by atoms with Crippen LogP contribution < -0.4 is 15.1 Å². The molecule has 0 aliphatic carbocycles. The number of anilines is 1. The van der Waals surface area contributed by atoms with Crippen LogP contribution in [0.15, 0.2) is 24.3 Å². The number of ether oxygens (including phenoxy) is 1. The van der Waals surface area contributed by atoms with E-state index in [9.17, 15) is 14.7 Å². The van der Waals surface area contributed by atoms with Crippen molar-refractivity contribution in [2.24, 2.45) is 5.92 Å². The molecule has 0 spiro atoms. The number of quaternary nitrogens is 1. The number of hydrogen-bond donors (Lipinski definition) is 3. The van der Waals surface area contributed by atoms with E-state index in [0.29, 0.717) is 6.54 Å². The smallest absolute Gasteiger partial charge is 0.328 e. The number of nitrogens with zero attached hydrogens (tertiary/aromatic N) is 1. The summed E-state index contributed by atoms with van der Waals surface area (Å²) in [5.74, 6) is -0.221. The SMILES string of the molecule is CC[C@@H](C)[C@@H](NC(=O)C[NH+]1CCN(c2ccccc2O)CC1)C(=O)OC. The van der Waals surface area contributed by atoms with Crippen LogP contribution in [0.1, 0.15) is 20.3 Å². The van der Waals surface area contributed by atoms with Gasteiger partial charge in [-0.3, -0.25) is 4.79 Å². The summed E-state index contributed by atoms with van der Waals surface area (Å²) in [6.45, 7) is 7.38. The van der Waals surface area contributed by atoms with Crippen molar-refractivity contribution in [3.05, 3.63) is 24.3 Å². The van der Waals surface area contributed by atoms with Crippen LogP contribution in [0.2, 0.25) is 0 Å². The van der Waals surface area contributed by atoms with Gasteiger partial charge >= 0.3 is 5.97 Å². The molecule has 0 radical (unpaired) electrons. The summed E-state index contributed by atoms with van der Waals surface area (Å²) in [6.07, 6.45) is 0.784. The summed E-state index contributed by atoms with van der Waals surface area (Å²) in [5.41, 5.74) is 0.832. The number of benzene rings is 1. The Hall–Kier alpha value is -2.28. The number of para-hydroxylation sites is 2. The van der Waals surface area contributed by atoms with Crippen LogP contribution in [0.3, 0.4) is 0 Å². The minimum absolute atomic E-state index is 0.0271. The molecule has 0 unspecified atom stereocenters. The molecule has 2 atom stereocenters. The lowest BCUT2D eigenvalue weighted by atomic mass is 9.99. The molecule has 1 amide bonds. The number of phenolic OH excluding ortho intramolecular Hbond substituents is 1. The van der Waals surface area contributed by atoms with Crippen molar-refractivity contribution >= 4 is 17.6 Å². The van der Waals surface area contributed by atoms with E-state index in [1.165, 1.54) is 12.0 Å². The summed E-state index contributed by atoms with van der Waals surface area (Å²) in [7, 11) is 1.34. The van der Waals surface area contributed by atoms with E-state index in [1.54, 1.807) is 12.1 Å². The second-order valence-corrected chi connectivity index (χ2v) is 6.86. The molecule has 1 aliphatic rings. The number of carbonyl (C=O) groups excluding carboxylic acids is 2. The summed E-state index contributed by atoms with van der Waals surface area (Å²) in [5, 5.41) is 12.8. The van der Waals surface area contributed by atoms with Crippen LogP contribution >= 0.6 is 0 Å². The van der Waals surface area contributed by atoms with E-state index in [1.807, 2.05) is 26.0 Å². The molecular formula is C19H30N3O4+. The first-order chi connectivity index (χ1) is 12.5. The van der Waals surface area contributed by atoms with Gasteiger partial charge in [0.05, 0.1) is 39.0 Å². The van der Waals surface area contributed by atoms with Gasteiger partial charge in [0, 0.05) is 0 Å². The number of phenols is 1. The Balaban J connectivity index is 1.85. The van der Waals surface area contributed by atoms with E-state index in [0.717, 1.165) is 38.3 Å². The normalized spacial score (nSPS) is 17.4. The molecule has 0 saturated carbocycles. The molecule has 1 aromatic carbocycles. The first-order valence-corrected chi connectivity index (χ1v) is 9.20. The van der Waals surface area contributed by atoms with Gasteiger partial charge in [-0.25, -0.2) is 4.79 Å². The quantitative estimate of drug-likeness (QED) is 0.584. The Bertz CT molecular complexity index is 615. The van der Waals surface area contributed by atoms with Gasteiger partial charge in [0.25, 0.3) is 5.91 Å². The lowest BCUT2D eigenvalue weighted by Crippen LogP contribution is -3.16. The number of amides is 1. The molecule has 1 fully saturated rings. The third kappa shape index (κ3) is 5.11. The van der Waals surface area contributed by atoms with Crippen molar-refractivity contribution in [3.8, 4) is 5.75 Å². The van der Waals surface area contributed by atoms with Gasteiger partial charge in [-0.15, -0.1) is 0 Å². The zero-order chi connectivity index (χ0) is 19.1. The third-order valence-corrected chi connectivity index (χ3v) is 5.09. The number of piperazine rings is 1. The molecule has 2 rings (SSSR count). The highest BCUT2D eigenvalue weighted by Gasteiger charge is 2.29. The Kier molecular flexibility index (Phi) is 7.26. The monoisotopic (exact) mass is 364 g/mol. The van der Waals surface area contributed by atoms with Crippen molar-refractivity contribution in [1.82, 2.24) is 5.32 Å². The summed E-state index contributed by atoms with van der Waals surface area (Å²) >= 11 is 0. The minimum atomic E-state index is -0.598. The van der Waals surface area contributed by atoms with Gasteiger partial charge in [-0.05, 0) is 18.1 Å². The summed E-state index contributed by atoms with van der Waals surface area (Å²) in [6, 6.07) is 6.70. The number of esters is 1. The van der Waals surface area contributed by atoms with Crippen LogP contribution in [-0.2, 0) is 14.3 Å². The predicted molar refractivity (Wildman–Crippen MR) is 99.3 cm³/mol. The number of rotatable bonds is 7. The number of carbonyl (C=O) groups is 2.